The van der Waals surface area contributed by atoms with Crippen LogP contribution < -0.4 is 0 Å². The number of piperidine rings is 1. The van der Waals surface area contributed by atoms with Crippen LogP contribution in [0.25, 0.3) is 0 Å². The highest BCUT2D eigenvalue weighted by molar-refractivity contribution is 5.73. The van der Waals surface area contributed by atoms with E-state index in [1.165, 1.54) is 18.6 Å². The second kappa shape index (κ2) is 4.46. The molecular formula is C9H18N2O2. The van der Waals surface area contributed by atoms with Gasteiger partial charge in [-0.1, -0.05) is 6.92 Å². The van der Waals surface area contributed by atoms with Crippen molar-refractivity contribution in [3.8, 4) is 0 Å². The lowest BCUT2D eigenvalue weighted by Gasteiger charge is -2.32. The third-order valence-corrected chi connectivity index (χ3v) is 2.47. The molecule has 1 fully saturated rings. The van der Waals surface area contributed by atoms with Gasteiger partial charge in [-0.15, -0.1) is 0 Å². The summed E-state index contributed by atoms with van der Waals surface area (Å²) in [6.07, 6.45) is 2.32. The first-order valence-electron chi connectivity index (χ1n) is 4.72. The molecule has 2 amide bonds. The molecule has 1 atom stereocenters. The maximum Gasteiger partial charge on any atom is 0.343 e. The van der Waals surface area contributed by atoms with Crippen molar-refractivity contribution in [2.24, 2.45) is 5.92 Å². The number of carbonyl (C=O) groups excluding carboxylic acids is 1. The molecule has 0 bridgehead atoms. The summed E-state index contributed by atoms with van der Waals surface area (Å²) in [6.45, 7) is 3.88. The van der Waals surface area contributed by atoms with Gasteiger partial charge in [0.25, 0.3) is 0 Å². The molecule has 0 radical (unpaired) electrons. The van der Waals surface area contributed by atoms with Gasteiger partial charge in [0.1, 0.15) is 0 Å². The lowest BCUT2D eigenvalue weighted by Crippen LogP contribution is -2.45. The minimum absolute atomic E-state index is 0.0333. The zero-order valence-electron chi connectivity index (χ0n) is 8.62. The monoisotopic (exact) mass is 186 g/mol. The van der Waals surface area contributed by atoms with Crippen LogP contribution in [0.4, 0.5) is 4.79 Å². The molecule has 1 unspecified atom stereocenters. The molecule has 4 nitrogen and oxygen atoms in total. The highest BCUT2D eigenvalue weighted by Gasteiger charge is 2.23. The van der Waals surface area contributed by atoms with Crippen LogP contribution in [0.15, 0.2) is 0 Å². The Morgan fingerprint density at radius 2 is 2.31 bits per heavy atom. The Bertz CT molecular complexity index is 184. The Kier molecular flexibility index (Phi) is 3.54. The number of likely N-dealkylation sites (tertiary alicyclic amines) is 1. The van der Waals surface area contributed by atoms with Crippen LogP contribution in [0.1, 0.15) is 19.8 Å². The molecule has 0 saturated carbocycles. The molecule has 1 saturated heterocycles. The van der Waals surface area contributed by atoms with Crippen LogP contribution in [0, 0.1) is 5.92 Å². The predicted octanol–water partition coefficient (Wildman–Crippen LogP) is 1.33. The number of nitrogens with zero attached hydrogens (tertiary/aromatic N) is 2. The van der Waals surface area contributed by atoms with Gasteiger partial charge in [0, 0.05) is 20.1 Å². The fraction of sp³-hybridized carbons (Fsp3) is 0.889. The molecule has 0 N–H and O–H groups in total. The minimum Gasteiger partial charge on any atom is -0.323 e. The minimum atomic E-state index is -0.0333. The van der Waals surface area contributed by atoms with Gasteiger partial charge in [-0.2, -0.15) is 0 Å². The van der Waals surface area contributed by atoms with E-state index in [4.69, 9.17) is 4.84 Å². The highest BCUT2D eigenvalue weighted by Crippen LogP contribution is 2.16. The van der Waals surface area contributed by atoms with Gasteiger partial charge in [-0.3, -0.25) is 4.84 Å². The topological polar surface area (TPSA) is 32.8 Å². The van der Waals surface area contributed by atoms with Gasteiger partial charge < -0.3 is 4.90 Å². The zero-order valence-corrected chi connectivity index (χ0v) is 8.62. The first kappa shape index (κ1) is 10.3. The quantitative estimate of drug-likeness (QED) is 0.579. The molecular weight excluding hydrogens is 168 g/mol. The van der Waals surface area contributed by atoms with Crippen molar-refractivity contribution in [3.63, 3.8) is 0 Å². The average molecular weight is 186 g/mol. The average Bonchev–Trinajstić information content (AvgIpc) is 2.15. The molecule has 0 aliphatic carbocycles. The van der Waals surface area contributed by atoms with Crippen molar-refractivity contribution < 1.29 is 9.63 Å². The van der Waals surface area contributed by atoms with Crippen LogP contribution in [-0.4, -0.2) is 43.2 Å². The summed E-state index contributed by atoms with van der Waals surface area (Å²) in [6, 6.07) is -0.0333. The Balaban J connectivity index is 2.46. The standard InChI is InChI=1S/C9H18N2O2/c1-8-5-4-6-11(7-8)9(12)10(2)13-3/h8H,4-7H2,1-3H3. The third-order valence-electron chi connectivity index (χ3n) is 2.47. The lowest BCUT2D eigenvalue weighted by atomic mass is 10.0. The van der Waals surface area contributed by atoms with Gasteiger partial charge in [0.15, 0.2) is 0 Å². The molecule has 0 aromatic rings. The second-order valence-corrected chi connectivity index (χ2v) is 3.66. The van der Waals surface area contributed by atoms with Gasteiger partial charge in [0.2, 0.25) is 0 Å². The Morgan fingerprint density at radius 1 is 1.62 bits per heavy atom. The summed E-state index contributed by atoms with van der Waals surface area (Å²) in [4.78, 5) is 18.3. The van der Waals surface area contributed by atoms with E-state index in [0.717, 1.165) is 19.5 Å². The van der Waals surface area contributed by atoms with Crippen LogP contribution in [-0.2, 0) is 4.84 Å². The smallest absolute Gasteiger partial charge is 0.323 e. The molecule has 1 aliphatic rings. The van der Waals surface area contributed by atoms with Crippen LogP contribution >= 0.6 is 0 Å². The van der Waals surface area contributed by atoms with Crippen molar-refractivity contribution in [1.29, 1.82) is 0 Å². The van der Waals surface area contributed by atoms with E-state index >= 15 is 0 Å². The van der Waals surface area contributed by atoms with Gasteiger partial charge in [0.05, 0.1) is 7.11 Å². The van der Waals surface area contributed by atoms with Gasteiger partial charge >= 0.3 is 6.03 Å². The number of urea groups is 1. The first-order valence-corrected chi connectivity index (χ1v) is 4.72. The maximum atomic E-state index is 11.6. The predicted molar refractivity (Wildman–Crippen MR) is 50.1 cm³/mol. The van der Waals surface area contributed by atoms with Crippen LogP contribution in [0.5, 0.6) is 0 Å². The van der Waals surface area contributed by atoms with Crippen molar-refractivity contribution >= 4 is 6.03 Å². The van der Waals surface area contributed by atoms with Crippen molar-refractivity contribution in [1.82, 2.24) is 9.96 Å². The summed E-state index contributed by atoms with van der Waals surface area (Å²) in [7, 11) is 3.15. The third kappa shape index (κ3) is 2.59. The summed E-state index contributed by atoms with van der Waals surface area (Å²) < 4.78 is 0. The molecule has 1 aliphatic heterocycles. The first-order chi connectivity index (χ1) is 6.15. The van der Waals surface area contributed by atoms with E-state index in [9.17, 15) is 4.79 Å². The molecule has 0 aromatic heterocycles. The Labute approximate surface area is 79.4 Å². The highest BCUT2D eigenvalue weighted by atomic mass is 16.7. The van der Waals surface area contributed by atoms with Crippen molar-refractivity contribution in [3.05, 3.63) is 0 Å². The fourth-order valence-electron chi connectivity index (χ4n) is 1.64. The number of carbonyl (C=O) groups is 1. The van der Waals surface area contributed by atoms with Crippen LogP contribution in [0.2, 0.25) is 0 Å². The largest absolute Gasteiger partial charge is 0.343 e. The van der Waals surface area contributed by atoms with Crippen LogP contribution in [0.3, 0.4) is 0 Å². The van der Waals surface area contributed by atoms with Gasteiger partial charge in [-0.25, -0.2) is 9.86 Å². The summed E-state index contributed by atoms with van der Waals surface area (Å²) in [5.74, 6) is 0.614. The molecule has 1 rings (SSSR count). The molecule has 4 heteroatoms. The number of hydroxylamine groups is 2. The molecule has 0 spiro atoms. The summed E-state index contributed by atoms with van der Waals surface area (Å²) in [5.41, 5.74) is 0. The molecule has 0 aromatic carbocycles. The van der Waals surface area contributed by atoms with Crippen molar-refractivity contribution in [2.45, 2.75) is 19.8 Å². The van der Waals surface area contributed by atoms with E-state index in [1.54, 1.807) is 7.05 Å². The fourth-order valence-corrected chi connectivity index (χ4v) is 1.64. The summed E-state index contributed by atoms with van der Waals surface area (Å²) in [5, 5.41) is 1.28. The van der Waals surface area contributed by atoms with E-state index < -0.39 is 0 Å². The second-order valence-electron chi connectivity index (χ2n) is 3.66. The molecule has 13 heavy (non-hydrogen) atoms. The van der Waals surface area contributed by atoms with Gasteiger partial charge in [-0.05, 0) is 18.8 Å². The van der Waals surface area contributed by atoms with E-state index in [-0.39, 0.29) is 6.03 Å². The van der Waals surface area contributed by atoms with E-state index in [2.05, 4.69) is 6.92 Å². The van der Waals surface area contributed by atoms with E-state index in [0.29, 0.717) is 5.92 Å². The number of amides is 2. The SMILES string of the molecule is CON(C)C(=O)N1CCCC(C)C1. The number of hydrogen-bond acceptors (Lipinski definition) is 2. The molecule has 76 valence electrons. The normalized spacial score (nSPS) is 23.0. The molecule has 1 heterocycles. The number of hydrogen-bond donors (Lipinski definition) is 0. The van der Waals surface area contributed by atoms with Crippen molar-refractivity contribution in [2.75, 3.05) is 27.2 Å². The van der Waals surface area contributed by atoms with E-state index in [1.807, 2.05) is 4.90 Å². The zero-order chi connectivity index (χ0) is 9.84. The summed E-state index contributed by atoms with van der Waals surface area (Å²) >= 11 is 0. The maximum absolute atomic E-state index is 11.6. The Morgan fingerprint density at radius 3 is 2.85 bits per heavy atom. The number of rotatable bonds is 1. The lowest BCUT2D eigenvalue weighted by molar-refractivity contribution is -0.0781. The Hall–Kier alpha value is -0.770.